The molecule has 116 valence electrons. The fourth-order valence-electron chi connectivity index (χ4n) is 2.36. The molecule has 2 aromatic carbocycles. The van der Waals surface area contributed by atoms with Crippen LogP contribution in [0.5, 0.6) is 5.75 Å². The number of hydrogen-bond acceptors (Lipinski definition) is 2. The van der Waals surface area contributed by atoms with Gasteiger partial charge in [-0.25, -0.2) is 4.52 Å². The summed E-state index contributed by atoms with van der Waals surface area (Å²) in [5.41, 5.74) is 4.44. The van der Waals surface area contributed by atoms with E-state index in [1.54, 1.807) is 11.8 Å². The van der Waals surface area contributed by atoms with Crippen LogP contribution in [0, 0.1) is 6.92 Å². The van der Waals surface area contributed by atoms with Crippen molar-refractivity contribution < 1.29 is 14.0 Å². The van der Waals surface area contributed by atoms with Gasteiger partial charge in [-0.05, 0) is 35.4 Å². The van der Waals surface area contributed by atoms with Crippen LogP contribution in [0.3, 0.4) is 0 Å². The normalized spacial score (nSPS) is 11.1. The van der Waals surface area contributed by atoms with E-state index < -0.39 is 0 Å². The van der Waals surface area contributed by atoms with Crippen LogP contribution in [0.15, 0.2) is 59.1 Å². The number of rotatable bonds is 4. The predicted molar refractivity (Wildman–Crippen MR) is 92.0 cm³/mol. The number of methoxy groups -OCH3 is 1. The topological polar surface area (TPSA) is 26.2 Å². The number of aromatic nitrogens is 1. The second kappa shape index (κ2) is 6.53. The first-order valence-corrected chi connectivity index (χ1v) is 7.55. The van der Waals surface area contributed by atoms with E-state index in [9.17, 15) is 0 Å². The number of aryl methyl sites for hydroxylation is 2. The summed E-state index contributed by atoms with van der Waals surface area (Å²) in [6.45, 7) is 2.08. The van der Waals surface area contributed by atoms with Crippen molar-refractivity contribution in [2.45, 2.75) is 6.92 Å². The van der Waals surface area contributed by atoms with Gasteiger partial charge in [-0.1, -0.05) is 42.0 Å². The molecule has 0 N–H and O–H groups in total. The second-order valence-electron chi connectivity index (χ2n) is 5.49. The summed E-state index contributed by atoms with van der Waals surface area (Å²) in [6.07, 6.45) is 4.10. The first kappa shape index (κ1) is 15.1. The van der Waals surface area contributed by atoms with Crippen molar-refractivity contribution in [1.29, 1.82) is 0 Å². The summed E-state index contributed by atoms with van der Waals surface area (Å²) in [7, 11) is 3.58. The van der Waals surface area contributed by atoms with Gasteiger partial charge in [0.25, 0.3) is 5.69 Å². The van der Waals surface area contributed by atoms with Crippen LogP contribution >= 0.6 is 0 Å². The lowest BCUT2D eigenvalue weighted by molar-refractivity contribution is -0.844. The van der Waals surface area contributed by atoms with Crippen LogP contribution in [0.2, 0.25) is 0 Å². The van der Waals surface area contributed by atoms with Gasteiger partial charge < -0.3 is 4.74 Å². The fraction of sp³-hybridized carbons (Fsp3) is 0.150. The summed E-state index contributed by atoms with van der Waals surface area (Å²) in [5.74, 6) is 1.72. The van der Waals surface area contributed by atoms with E-state index in [0.29, 0.717) is 0 Å². The van der Waals surface area contributed by atoms with Gasteiger partial charge in [0.1, 0.15) is 5.75 Å². The van der Waals surface area contributed by atoms with Crippen LogP contribution in [0.1, 0.15) is 16.8 Å². The van der Waals surface area contributed by atoms with Crippen LogP contribution in [-0.2, 0) is 7.05 Å². The minimum absolute atomic E-state index is 0.859. The van der Waals surface area contributed by atoms with E-state index in [0.717, 1.165) is 28.3 Å². The zero-order valence-electron chi connectivity index (χ0n) is 13.6. The van der Waals surface area contributed by atoms with Gasteiger partial charge >= 0.3 is 0 Å². The molecule has 3 aromatic rings. The molecule has 1 aromatic heterocycles. The SMILES string of the molecule is COc1ccc(/C=C/c2cc(-c3ccc(C)cc3)o[n+]2C)cc1. The van der Waals surface area contributed by atoms with Crippen molar-refractivity contribution in [2.75, 3.05) is 7.11 Å². The third-order valence-electron chi connectivity index (χ3n) is 3.78. The van der Waals surface area contributed by atoms with Gasteiger partial charge in [0.2, 0.25) is 5.76 Å². The molecule has 0 aliphatic carbocycles. The molecule has 0 bridgehead atoms. The third-order valence-corrected chi connectivity index (χ3v) is 3.78. The van der Waals surface area contributed by atoms with Gasteiger partial charge in [0.15, 0.2) is 7.05 Å². The standard InChI is InChI=1S/C20H20NO2/c1-15-4-9-17(10-5-15)20-14-18(21(2)23-20)11-6-16-7-12-19(22-3)13-8-16/h4-14H,1-3H3/q+1/b11-6+. The Bertz CT molecular complexity index is 812. The fourth-order valence-corrected chi connectivity index (χ4v) is 2.36. The lowest BCUT2D eigenvalue weighted by Gasteiger charge is -1.98. The maximum Gasteiger partial charge on any atom is 0.255 e. The predicted octanol–water partition coefficient (Wildman–Crippen LogP) is 4.26. The molecule has 0 aliphatic heterocycles. The number of hydrogen-bond donors (Lipinski definition) is 0. The molecule has 0 atom stereocenters. The van der Waals surface area contributed by atoms with Gasteiger partial charge in [-0.2, -0.15) is 0 Å². The Morgan fingerprint density at radius 2 is 1.65 bits per heavy atom. The summed E-state index contributed by atoms with van der Waals surface area (Å²) in [4.78, 5) is 0. The molecular weight excluding hydrogens is 286 g/mol. The van der Waals surface area contributed by atoms with Gasteiger partial charge in [0, 0.05) is 11.6 Å². The van der Waals surface area contributed by atoms with Crippen molar-refractivity contribution in [1.82, 2.24) is 0 Å². The van der Waals surface area contributed by atoms with E-state index in [-0.39, 0.29) is 0 Å². The molecule has 0 saturated carbocycles. The molecule has 0 fully saturated rings. The maximum absolute atomic E-state index is 5.81. The molecule has 0 radical (unpaired) electrons. The zero-order valence-corrected chi connectivity index (χ0v) is 13.6. The highest BCUT2D eigenvalue weighted by molar-refractivity contribution is 5.69. The average Bonchev–Trinajstić information content (AvgIpc) is 2.95. The molecule has 23 heavy (non-hydrogen) atoms. The van der Waals surface area contributed by atoms with Crippen molar-refractivity contribution in [3.8, 4) is 17.1 Å². The molecule has 3 rings (SSSR count). The third kappa shape index (κ3) is 3.51. The molecule has 0 unspecified atom stereocenters. The average molecular weight is 306 g/mol. The number of benzene rings is 2. The molecule has 0 aliphatic rings. The summed E-state index contributed by atoms with van der Waals surface area (Å²) in [5, 5.41) is 0. The highest BCUT2D eigenvalue weighted by Gasteiger charge is 2.14. The van der Waals surface area contributed by atoms with Crippen LogP contribution in [0.25, 0.3) is 23.5 Å². The zero-order chi connectivity index (χ0) is 16.2. The van der Waals surface area contributed by atoms with Crippen LogP contribution < -0.4 is 9.48 Å². The number of nitrogens with zero attached hydrogens (tertiary/aromatic N) is 1. The summed E-state index contributed by atoms with van der Waals surface area (Å²) < 4.78 is 12.8. The van der Waals surface area contributed by atoms with Gasteiger partial charge in [0.05, 0.1) is 13.2 Å². The smallest absolute Gasteiger partial charge is 0.255 e. The Hall–Kier alpha value is -2.81. The highest BCUT2D eigenvalue weighted by atomic mass is 16.5. The lowest BCUT2D eigenvalue weighted by Crippen LogP contribution is -2.27. The largest absolute Gasteiger partial charge is 0.497 e. The second-order valence-corrected chi connectivity index (χ2v) is 5.49. The van der Waals surface area contributed by atoms with Crippen molar-refractivity contribution in [3.63, 3.8) is 0 Å². The molecular formula is C20H20NO2+. The molecule has 1 heterocycles. The molecule has 3 heteroatoms. The molecule has 0 amide bonds. The lowest BCUT2D eigenvalue weighted by atomic mass is 10.1. The Labute approximate surface area is 136 Å². The first-order valence-electron chi connectivity index (χ1n) is 7.55. The summed E-state index contributed by atoms with van der Waals surface area (Å²) in [6, 6.07) is 18.3. The van der Waals surface area contributed by atoms with E-state index in [1.165, 1.54) is 5.56 Å². The summed E-state index contributed by atoms with van der Waals surface area (Å²) >= 11 is 0. The van der Waals surface area contributed by atoms with E-state index in [2.05, 4.69) is 37.3 Å². The Balaban J connectivity index is 1.82. The highest BCUT2D eigenvalue weighted by Crippen LogP contribution is 2.21. The maximum atomic E-state index is 5.81. The van der Waals surface area contributed by atoms with Crippen LogP contribution in [-0.4, -0.2) is 7.11 Å². The van der Waals surface area contributed by atoms with Gasteiger partial charge in [-0.15, -0.1) is 0 Å². The quantitative estimate of drug-likeness (QED) is 0.673. The van der Waals surface area contributed by atoms with E-state index in [4.69, 9.17) is 9.26 Å². The Morgan fingerprint density at radius 1 is 0.957 bits per heavy atom. The van der Waals surface area contributed by atoms with Crippen molar-refractivity contribution >= 4 is 12.2 Å². The number of ether oxygens (including phenoxy) is 1. The van der Waals surface area contributed by atoms with Crippen molar-refractivity contribution in [3.05, 3.63) is 71.4 Å². The minimum Gasteiger partial charge on any atom is -0.497 e. The molecule has 0 saturated heterocycles. The Kier molecular flexibility index (Phi) is 4.29. The van der Waals surface area contributed by atoms with Crippen molar-refractivity contribution in [2.24, 2.45) is 7.05 Å². The van der Waals surface area contributed by atoms with E-state index >= 15 is 0 Å². The molecule has 3 nitrogen and oxygen atoms in total. The minimum atomic E-state index is 0.859. The monoisotopic (exact) mass is 306 g/mol. The van der Waals surface area contributed by atoms with E-state index in [1.807, 2.05) is 43.5 Å². The van der Waals surface area contributed by atoms with Crippen LogP contribution in [0.4, 0.5) is 0 Å². The molecule has 0 spiro atoms. The van der Waals surface area contributed by atoms with Gasteiger partial charge in [-0.3, -0.25) is 0 Å². The Morgan fingerprint density at radius 3 is 2.30 bits per heavy atom. The first-order chi connectivity index (χ1) is 11.2.